The zero-order valence-corrected chi connectivity index (χ0v) is 15.2. The Morgan fingerprint density at radius 1 is 1.12 bits per heavy atom. The van der Waals surface area contributed by atoms with E-state index in [1.165, 1.54) is 11.3 Å². The van der Waals surface area contributed by atoms with Gasteiger partial charge in [0.2, 0.25) is 5.91 Å². The van der Waals surface area contributed by atoms with Crippen molar-refractivity contribution >= 4 is 28.8 Å². The van der Waals surface area contributed by atoms with Gasteiger partial charge in [-0.05, 0) is 23.6 Å². The fraction of sp³-hybridized carbons (Fsp3) is 0.316. The molecule has 3 rings (SSSR count). The summed E-state index contributed by atoms with van der Waals surface area (Å²) in [5, 5.41) is 13.8. The molecule has 26 heavy (non-hydrogen) atoms. The van der Waals surface area contributed by atoms with Gasteiger partial charge in [0.15, 0.2) is 0 Å². The van der Waals surface area contributed by atoms with E-state index in [0.717, 1.165) is 18.0 Å². The highest BCUT2D eigenvalue weighted by Gasteiger charge is 2.22. The maximum atomic E-state index is 12.3. The van der Waals surface area contributed by atoms with Gasteiger partial charge >= 0.3 is 0 Å². The minimum atomic E-state index is -0.107. The average Bonchev–Trinajstić information content (AvgIpc) is 3.21. The number of rotatable bonds is 5. The molecule has 1 saturated heterocycles. The summed E-state index contributed by atoms with van der Waals surface area (Å²) in [6.45, 7) is 3.52. The number of para-hydroxylation sites is 1. The zero-order chi connectivity index (χ0) is 18.4. The summed E-state index contributed by atoms with van der Waals surface area (Å²) in [7, 11) is 0. The Labute approximate surface area is 156 Å². The molecule has 1 fully saturated rings. The summed E-state index contributed by atoms with van der Waals surface area (Å²) in [6, 6.07) is 12.8. The number of thiophene rings is 1. The third-order valence-corrected chi connectivity index (χ3v) is 5.23. The van der Waals surface area contributed by atoms with E-state index in [1.54, 1.807) is 24.3 Å². The maximum Gasteiger partial charge on any atom is 0.264 e. The van der Waals surface area contributed by atoms with Crippen LogP contribution in [0.2, 0.25) is 0 Å². The number of nitrogens with one attached hydrogen (secondary N) is 1. The number of carbonyl (C=O) groups is 2. The van der Waals surface area contributed by atoms with Crippen LogP contribution < -0.4 is 5.32 Å². The van der Waals surface area contributed by atoms with Gasteiger partial charge in [0.1, 0.15) is 6.07 Å². The van der Waals surface area contributed by atoms with Crippen molar-refractivity contribution in [3.05, 3.63) is 52.2 Å². The van der Waals surface area contributed by atoms with Crippen molar-refractivity contribution in [3.8, 4) is 6.07 Å². The highest BCUT2D eigenvalue weighted by molar-refractivity contribution is 7.12. The molecule has 2 aromatic rings. The molecule has 0 radical (unpaired) electrons. The molecule has 1 aromatic heterocycles. The molecule has 0 atom stereocenters. The zero-order valence-electron chi connectivity index (χ0n) is 14.4. The molecule has 2 amide bonds. The summed E-state index contributed by atoms with van der Waals surface area (Å²) in [6.07, 6.45) is 0.360. The van der Waals surface area contributed by atoms with Gasteiger partial charge < -0.3 is 10.2 Å². The normalized spacial score (nSPS) is 14.7. The summed E-state index contributed by atoms with van der Waals surface area (Å²) in [5.41, 5.74) is 1.01. The topological polar surface area (TPSA) is 76.4 Å². The Hall–Kier alpha value is -2.69. The van der Waals surface area contributed by atoms with E-state index in [4.69, 9.17) is 5.26 Å². The van der Waals surface area contributed by atoms with Crippen molar-refractivity contribution in [2.45, 2.75) is 6.42 Å². The minimum Gasteiger partial charge on any atom is -0.335 e. The molecular formula is C19H20N4O2S. The number of carbonyl (C=O) groups excluding carboxylic acids is 2. The lowest BCUT2D eigenvalue weighted by Gasteiger charge is -2.34. The molecule has 1 aliphatic rings. The van der Waals surface area contributed by atoms with Crippen LogP contribution in [0.3, 0.4) is 0 Å². The van der Waals surface area contributed by atoms with Crippen LogP contribution in [0.5, 0.6) is 0 Å². The Balaban J connectivity index is 1.43. The number of amides is 2. The molecule has 0 saturated carbocycles. The standard InChI is InChI=1S/C19H20N4O2S/c20-14-15-4-1-2-5-16(15)21-18(24)7-8-22-9-11-23(12-10-22)19(25)17-6-3-13-26-17/h1-6,13H,7-12H2,(H,21,24). The van der Waals surface area contributed by atoms with E-state index in [0.29, 0.717) is 37.3 Å². The van der Waals surface area contributed by atoms with E-state index in [1.807, 2.05) is 22.4 Å². The Morgan fingerprint density at radius 2 is 1.88 bits per heavy atom. The predicted molar refractivity (Wildman–Crippen MR) is 101 cm³/mol. The maximum absolute atomic E-state index is 12.3. The monoisotopic (exact) mass is 368 g/mol. The van der Waals surface area contributed by atoms with Gasteiger partial charge in [0, 0.05) is 39.1 Å². The number of nitriles is 1. The van der Waals surface area contributed by atoms with Gasteiger partial charge in [-0.2, -0.15) is 5.26 Å². The number of hydrogen-bond acceptors (Lipinski definition) is 5. The number of benzene rings is 1. The van der Waals surface area contributed by atoms with Crippen LogP contribution in [0.25, 0.3) is 0 Å². The average molecular weight is 368 g/mol. The highest BCUT2D eigenvalue weighted by atomic mass is 32.1. The van der Waals surface area contributed by atoms with Gasteiger partial charge in [-0.25, -0.2) is 0 Å². The van der Waals surface area contributed by atoms with Crippen molar-refractivity contribution < 1.29 is 9.59 Å². The summed E-state index contributed by atoms with van der Waals surface area (Å²) >= 11 is 1.46. The first kappa shape index (κ1) is 18.1. The first-order valence-electron chi connectivity index (χ1n) is 8.51. The van der Waals surface area contributed by atoms with Crippen molar-refractivity contribution in [3.63, 3.8) is 0 Å². The molecular weight excluding hydrogens is 348 g/mol. The van der Waals surface area contributed by atoms with Crippen LogP contribution in [0, 0.1) is 11.3 Å². The van der Waals surface area contributed by atoms with Crippen LogP contribution in [0.1, 0.15) is 21.7 Å². The first-order valence-corrected chi connectivity index (χ1v) is 9.39. The smallest absolute Gasteiger partial charge is 0.264 e. The lowest BCUT2D eigenvalue weighted by molar-refractivity contribution is -0.116. The highest BCUT2D eigenvalue weighted by Crippen LogP contribution is 2.15. The van der Waals surface area contributed by atoms with Gasteiger partial charge in [-0.15, -0.1) is 11.3 Å². The van der Waals surface area contributed by atoms with Crippen LogP contribution in [0.15, 0.2) is 41.8 Å². The molecule has 0 bridgehead atoms. The quantitative estimate of drug-likeness (QED) is 0.879. The first-order chi connectivity index (χ1) is 12.7. The fourth-order valence-corrected chi connectivity index (χ4v) is 3.58. The summed E-state index contributed by atoms with van der Waals surface area (Å²) in [5.74, 6) is -0.0182. The van der Waals surface area contributed by atoms with E-state index < -0.39 is 0 Å². The Bertz CT molecular complexity index is 805. The molecule has 7 heteroatoms. The molecule has 134 valence electrons. The summed E-state index contributed by atoms with van der Waals surface area (Å²) < 4.78 is 0. The fourth-order valence-electron chi connectivity index (χ4n) is 2.89. The molecule has 1 N–H and O–H groups in total. The second kappa shape index (κ2) is 8.61. The van der Waals surface area contributed by atoms with Gasteiger partial charge in [-0.1, -0.05) is 18.2 Å². The van der Waals surface area contributed by atoms with E-state index in [2.05, 4.69) is 16.3 Å². The van der Waals surface area contributed by atoms with E-state index in [9.17, 15) is 9.59 Å². The van der Waals surface area contributed by atoms with Crippen molar-refractivity contribution in [2.75, 3.05) is 38.0 Å². The van der Waals surface area contributed by atoms with Crippen molar-refractivity contribution in [1.82, 2.24) is 9.80 Å². The molecule has 1 aliphatic heterocycles. The second-order valence-corrected chi connectivity index (χ2v) is 7.01. The molecule has 6 nitrogen and oxygen atoms in total. The Kier molecular flexibility index (Phi) is 6.00. The molecule has 2 heterocycles. The van der Waals surface area contributed by atoms with E-state index >= 15 is 0 Å². The number of anilines is 1. The van der Waals surface area contributed by atoms with Crippen molar-refractivity contribution in [2.24, 2.45) is 0 Å². The number of hydrogen-bond donors (Lipinski definition) is 1. The third-order valence-electron chi connectivity index (χ3n) is 4.37. The molecule has 0 spiro atoms. The van der Waals surface area contributed by atoms with Crippen molar-refractivity contribution in [1.29, 1.82) is 5.26 Å². The minimum absolute atomic E-state index is 0.0884. The Morgan fingerprint density at radius 3 is 2.58 bits per heavy atom. The number of nitrogens with zero attached hydrogens (tertiary/aromatic N) is 3. The SMILES string of the molecule is N#Cc1ccccc1NC(=O)CCN1CCN(C(=O)c2cccs2)CC1. The van der Waals surface area contributed by atoms with Crippen LogP contribution in [-0.4, -0.2) is 54.3 Å². The van der Waals surface area contributed by atoms with Gasteiger partial charge in [0.05, 0.1) is 16.1 Å². The molecule has 1 aromatic carbocycles. The summed E-state index contributed by atoms with van der Waals surface area (Å²) in [4.78, 5) is 29.3. The second-order valence-electron chi connectivity index (χ2n) is 6.07. The van der Waals surface area contributed by atoms with Gasteiger partial charge in [-0.3, -0.25) is 14.5 Å². The molecule has 0 unspecified atom stereocenters. The largest absolute Gasteiger partial charge is 0.335 e. The predicted octanol–water partition coefficient (Wildman–Crippen LogP) is 2.41. The van der Waals surface area contributed by atoms with Crippen LogP contribution in [0.4, 0.5) is 5.69 Å². The lowest BCUT2D eigenvalue weighted by Crippen LogP contribution is -2.49. The lowest BCUT2D eigenvalue weighted by atomic mass is 10.2. The van der Waals surface area contributed by atoms with Crippen LogP contribution >= 0.6 is 11.3 Å². The van der Waals surface area contributed by atoms with Gasteiger partial charge in [0.25, 0.3) is 5.91 Å². The van der Waals surface area contributed by atoms with E-state index in [-0.39, 0.29) is 11.8 Å². The third kappa shape index (κ3) is 4.48. The van der Waals surface area contributed by atoms with Crippen LogP contribution in [-0.2, 0) is 4.79 Å². The number of piperazine rings is 1. The molecule has 0 aliphatic carbocycles.